The zero-order valence-electron chi connectivity index (χ0n) is 10.2. The first-order valence-corrected chi connectivity index (χ1v) is 7.72. The molecule has 1 amide bonds. The first-order valence-electron chi connectivity index (χ1n) is 6.19. The minimum atomic E-state index is -0.574. The lowest BCUT2D eigenvalue weighted by Crippen LogP contribution is -2.25. The van der Waals surface area contributed by atoms with Crippen LogP contribution in [-0.4, -0.2) is 36.3 Å². The molecule has 19 heavy (non-hydrogen) atoms. The van der Waals surface area contributed by atoms with E-state index in [0.717, 1.165) is 36.7 Å². The monoisotopic (exact) mass is 296 g/mol. The number of halogens is 1. The third-order valence-corrected chi connectivity index (χ3v) is 4.70. The van der Waals surface area contributed by atoms with Crippen molar-refractivity contribution in [2.24, 2.45) is 0 Å². The lowest BCUT2D eigenvalue weighted by Gasteiger charge is -2.24. The molecule has 0 spiro atoms. The first kappa shape index (κ1) is 12.8. The van der Waals surface area contributed by atoms with Gasteiger partial charge in [-0.25, -0.2) is 0 Å². The smallest absolute Gasteiger partial charge is 0.296 e. The van der Waals surface area contributed by atoms with Gasteiger partial charge in [0, 0.05) is 18.8 Å². The summed E-state index contributed by atoms with van der Waals surface area (Å²) in [6.07, 6.45) is 1.11. The molecular weight excluding hydrogens is 284 g/mol. The second-order valence-corrected chi connectivity index (χ2v) is 6.22. The molecule has 0 atom stereocenters. The van der Waals surface area contributed by atoms with Crippen molar-refractivity contribution in [2.75, 3.05) is 34.8 Å². The highest BCUT2D eigenvalue weighted by molar-refractivity contribution is 7.99. The normalized spacial score (nSPS) is 19.1. The standard InChI is InChI=1S/C13H13ClN2O2S/c14-9-6-8-10(15-13(18)12(8)17)7-11(9)16-2-1-4-19-5-3-16/h6-7H,1-5H2,(H,15,17,18). The van der Waals surface area contributed by atoms with Crippen molar-refractivity contribution in [3.05, 3.63) is 22.7 Å². The molecule has 4 nitrogen and oxygen atoms in total. The van der Waals surface area contributed by atoms with Gasteiger partial charge >= 0.3 is 0 Å². The summed E-state index contributed by atoms with van der Waals surface area (Å²) >= 11 is 8.21. The zero-order valence-corrected chi connectivity index (χ0v) is 11.8. The predicted octanol–water partition coefficient (Wildman–Crippen LogP) is 2.42. The number of carbonyl (C=O) groups excluding carboxylic acids is 2. The molecule has 0 aliphatic carbocycles. The van der Waals surface area contributed by atoms with Crippen LogP contribution in [0.3, 0.4) is 0 Å². The van der Waals surface area contributed by atoms with Gasteiger partial charge < -0.3 is 10.2 Å². The van der Waals surface area contributed by atoms with Crippen LogP contribution in [0, 0.1) is 0 Å². The number of benzene rings is 1. The molecule has 2 aliphatic heterocycles. The summed E-state index contributed by atoms with van der Waals surface area (Å²) in [5.74, 6) is 1.15. The molecule has 2 aliphatic rings. The van der Waals surface area contributed by atoms with Crippen LogP contribution in [0.2, 0.25) is 5.02 Å². The van der Waals surface area contributed by atoms with Crippen LogP contribution in [0.5, 0.6) is 0 Å². The number of ketones is 1. The van der Waals surface area contributed by atoms with E-state index in [2.05, 4.69) is 10.2 Å². The Kier molecular flexibility index (Phi) is 3.41. The molecule has 0 bridgehead atoms. The maximum absolute atomic E-state index is 11.6. The topological polar surface area (TPSA) is 49.4 Å². The number of thioether (sulfide) groups is 1. The number of Topliss-reactive ketones (excluding diaryl/α,β-unsaturated/α-hetero) is 1. The Hall–Kier alpha value is -1.20. The van der Waals surface area contributed by atoms with Gasteiger partial charge in [0.1, 0.15) is 0 Å². The van der Waals surface area contributed by atoms with Gasteiger partial charge in [-0.05, 0) is 24.3 Å². The van der Waals surface area contributed by atoms with Gasteiger partial charge in [-0.1, -0.05) is 11.6 Å². The molecule has 0 aromatic heterocycles. The van der Waals surface area contributed by atoms with Crippen LogP contribution in [-0.2, 0) is 4.79 Å². The Bertz CT molecular complexity index is 554. The molecule has 1 N–H and O–H groups in total. The number of nitrogens with zero attached hydrogens (tertiary/aromatic N) is 1. The van der Waals surface area contributed by atoms with Gasteiger partial charge in [-0.15, -0.1) is 0 Å². The summed E-state index contributed by atoms with van der Waals surface area (Å²) in [5.41, 5.74) is 1.85. The van der Waals surface area contributed by atoms with E-state index in [1.165, 1.54) is 0 Å². The third kappa shape index (κ3) is 2.32. The number of nitrogens with one attached hydrogen (secondary N) is 1. The molecule has 6 heteroatoms. The van der Waals surface area contributed by atoms with Gasteiger partial charge in [0.05, 0.1) is 22.0 Å². The number of rotatable bonds is 1. The van der Waals surface area contributed by atoms with Gasteiger partial charge in [-0.2, -0.15) is 11.8 Å². The van der Waals surface area contributed by atoms with Gasteiger partial charge in [0.2, 0.25) is 0 Å². The van der Waals surface area contributed by atoms with E-state index in [4.69, 9.17) is 11.6 Å². The van der Waals surface area contributed by atoms with Gasteiger partial charge in [0.15, 0.2) is 0 Å². The van der Waals surface area contributed by atoms with Crippen LogP contribution in [0.4, 0.5) is 11.4 Å². The first-order chi connectivity index (χ1) is 9.16. The average molecular weight is 297 g/mol. The third-order valence-electron chi connectivity index (χ3n) is 3.35. The highest BCUT2D eigenvalue weighted by Gasteiger charge is 2.29. The zero-order chi connectivity index (χ0) is 13.4. The van der Waals surface area contributed by atoms with Crippen molar-refractivity contribution >= 4 is 46.4 Å². The summed E-state index contributed by atoms with van der Waals surface area (Å²) in [6, 6.07) is 3.42. The molecule has 0 unspecified atom stereocenters. The number of hydrogen-bond acceptors (Lipinski definition) is 4. The van der Waals surface area contributed by atoms with Crippen LogP contribution in [0.15, 0.2) is 12.1 Å². The minimum absolute atomic E-state index is 0.378. The fraction of sp³-hybridized carbons (Fsp3) is 0.385. The number of anilines is 2. The van der Waals surface area contributed by atoms with E-state index in [1.807, 2.05) is 17.8 Å². The van der Waals surface area contributed by atoms with E-state index in [0.29, 0.717) is 16.3 Å². The minimum Gasteiger partial charge on any atom is -0.369 e. The Morgan fingerprint density at radius 3 is 2.89 bits per heavy atom. The molecule has 0 radical (unpaired) electrons. The summed E-state index contributed by atoms with van der Waals surface area (Å²) in [7, 11) is 0. The van der Waals surface area contributed by atoms with E-state index < -0.39 is 11.7 Å². The lowest BCUT2D eigenvalue weighted by molar-refractivity contribution is -0.112. The molecule has 1 aromatic rings. The molecule has 1 saturated heterocycles. The molecular formula is C13H13ClN2O2S. The Morgan fingerprint density at radius 1 is 1.21 bits per heavy atom. The molecule has 100 valence electrons. The molecule has 2 heterocycles. The predicted molar refractivity (Wildman–Crippen MR) is 78.6 cm³/mol. The lowest BCUT2D eigenvalue weighted by atomic mass is 10.1. The number of fused-ring (bicyclic) bond motifs is 1. The van der Waals surface area contributed by atoms with Crippen LogP contribution in [0.25, 0.3) is 0 Å². The van der Waals surface area contributed by atoms with Crippen molar-refractivity contribution < 1.29 is 9.59 Å². The maximum Gasteiger partial charge on any atom is 0.296 e. The average Bonchev–Trinajstić information content (AvgIpc) is 2.63. The SMILES string of the molecule is O=C1Nc2cc(N3CCCSCC3)c(Cl)cc2C1=O. The van der Waals surface area contributed by atoms with E-state index >= 15 is 0 Å². The quantitative estimate of drug-likeness (QED) is 0.809. The summed E-state index contributed by atoms with van der Waals surface area (Å²) < 4.78 is 0. The second-order valence-electron chi connectivity index (χ2n) is 4.59. The number of hydrogen-bond donors (Lipinski definition) is 1. The maximum atomic E-state index is 11.6. The van der Waals surface area contributed by atoms with Crippen molar-refractivity contribution in [2.45, 2.75) is 6.42 Å². The number of amides is 1. The summed E-state index contributed by atoms with van der Waals surface area (Å²) in [5, 5.41) is 3.13. The summed E-state index contributed by atoms with van der Waals surface area (Å²) in [6.45, 7) is 1.89. The van der Waals surface area contributed by atoms with Crippen molar-refractivity contribution in [1.29, 1.82) is 0 Å². The van der Waals surface area contributed by atoms with Crippen LogP contribution in [0.1, 0.15) is 16.8 Å². The van der Waals surface area contributed by atoms with Crippen LogP contribution >= 0.6 is 23.4 Å². The number of carbonyl (C=O) groups is 2. The van der Waals surface area contributed by atoms with Gasteiger partial charge in [-0.3, -0.25) is 9.59 Å². The van der Waals surface area contributed by atoms with Crippen molar-refractivity contribution in [1.82, 2.24) is 0 Å². The molecule has 0 saturated carbocycles. The highest BCUT2D eigenvalue weighted by Crippen LogP contribution is 2.35. The van der Waals surface area contributed by atoms with Crippen LogP contribution < -0.4 is 10.2 Å². The Balaban J connectivity index is 1.97. The fourth-order valence-corrected chi connectivity index (χ4v) is 3.55. The molecule has 1 aromatic carbocycles. The highest BCUT2D eigenvalue weighted by atomic mass is 35.5. The Labute approximate surface area is 120 Å². The molecule has 3 rings (SSSR count). The van der Waals surface area contributed by atoms with Crippen molar-refractivity contribution in [3.8, 4) is 0 Å². The molecule has 1 fully saturated rings. The summed E-state index contributed by atoms with van der Waals surface area (Å²) in [4.78, 5) is 25.2. The fourth-order valence-electron chi connectivity index (χ4n) is 2.38. The van der Waals surface area contributed by atoms with E-state index in [9.17, 15) is 9.59 Å². The van der Waals surface area contributed by atoms with Gasteiger partial charge in [0.25, 0.3) is 11.7 Å². The van der Waals surface area contributed by atoms with E-state index in [1.54, 1.807) is 6.07 Å². The Morgan fingerprint density at radius 2 is 2.05 bits per heavy atom. The largest absolute Gasteiger partial charge is 0.369 e. The van der Waals surface area contributed by atoms with Crippen molar-refractivity contribution in [3.63, 3.8) is 0 Å². The second kappa shape index (κ2) is 5.06. The van der Waals surface area contributed by atoms with E-state index in [-0.39, 0.29) is 0 Å².